The molecule has 3 nitrogen and oxygen atoms in total. The maximum atomic E-state index is 7.94. The highest BCUT2D eigenvalue weighted by Crippen LogP contribution is 1.60. The van der Waals surface area contributed by atoms with Gasteiger partial charge in [-0.15, -0.1) is 0 Å². The molecule has 0 aliphatic heterocycles. The van der Waals surface area contributed by atoms with Crippen LogP contribution in [0.25, 0.3) is 0 Å². The fourth-order valence-electron chi connectivity index (χ4n) is 0.105. The lowest BCUT2D eigenvalue weighted by Crippen LogP contribution is -2.01. The van der Waals surface area contributed by atoms with Crippen molar-refractivity contribution in [2.45, 2.75) is 0 Å². The van der Waals surface area contributed by atoms with Gasteiger partial charge in [0, 0.05) is 0 Å². The summed E-state index contributed by atoms with van der Waals surface area (Å²) < 4.78 is 4.16. The summed E-state index contributed by atoms with van der Waals surface area (Å²) in [5.41, 5.74) is 0. The Hall–Kier alpha value is -0.0551. The van der Waals surface area contributed by atoms with Gasteiger partial charge in [0.15, 0.2) is 0 Å². The van der Waals surface area contributed by atoms with Crippen LogP contribution >= 0.6 is 0 Å². The Balaban J connectivity index is 2.34. The van der Waals surface area contributed by atoms with Crippen LogP contribution in [0.3, 0.4) is 0 Å². The lowest BCUT2D eigenvalue weighted by atomic mass is 10.4. The SMILES string of the molecule is O[B]OCCO. The standard InChI is InChI=1S/C2H6BO3/c4-1-2-6-3-5/h4-5H,1-2H2. The molecule has 0 aliphatic carbocycles. The van der Waals surface area contributed by atoms with Gasteiger partial charge >= 0.3 is 7.69 Å². The molecule has 35 valence electrons. The highest BCUT2D eigenvalue weighted by atomic mass is 16.5. The van der Waals surface area contributed by atoms with E-state index < -0.39 is 0 Å². The summed E-state index contributed by atoms with van der Waals surface area (Å²) in [6.45, 7) is 0.105. The van der Waals surface area contributed by atoms with E-state index in [-0.39, 0.29) is 13.2 Å². The van der Waals surface area contributed by atoms with E-state index in [4.69, 9.17) is 10.1 Å². The number of hydrogen-bond donors (Lipinski definition) is 2. The van der Waals surface area contributed by atoms with Crippen LogP contribution in [-0.4, -0.2) is 31.0 Å². The summed E-state index contributed by atoms with van der Waals surface area (Å²) >= 11 is 0. The molecule has 6 heavy (non-hydrogen) atoms. The Morgan fingerprint density at radius 1 is 1.67 bits per heavy atom. The largest absolute Gasteiger partial charge is 0.485 e. The molecule has 0 aromatic heterocycles. The summed E-state index contributed by atoms with van der Waals surface area (Å²) in [4.78, 5) is 0. The van der Waals surface area contributed by atoms with E-state index in [1.54, 1.807) is 0 Å². The normalized spacial score (nSPS) is 8.33. The molecule has 0 rings (SSSR count). The first-order chi connectivity index (χ1) is 2.91. The van der Waals surface area contributed by atoms with Gasteiger partial charge in [0.05, 0.1) is 13.2 Å². The number of hydrogen-bond acceptors (Lipinski definition) is 3. The van der Waals surface area contributed by atoms with Crippen molar-refractivity contribution in [2.75, 3.05) is 13.2 Å². The summed E-state index contributed by atoms with van der Waals surface area (Å²) in [5.74, 6) is 0. The first-order valence-corrected chi connectivity index (χ1v) is 1.60. The van der Waals surface area contributed by atoms with Gasteiger partial charge < -0.3 is 14.8 Å². The van der Waals surface area contributed by atoms with Gasteiger partial charge in [0.1, 0.15) is 0 Å². The fourth-order valence-corrected chi connectivity index (χ4v) is 0.105. The van der Waals surface area contributed by atoms with Gasteiger partial charge in [0.2, 0.25) is 0 Å². The van der Waals surface area contributed by atoms with E-state index in [1.807, 2.05) is 0 Å². The first kappa shape index (κ1) is 5.94. The predicted octanol–water partition coefficient (Wildman–Crippen LogP) is -1.48. The van der Waals surface area contributed by atoms with E-state index in [2.05, 4.69) is 4.65 Å². The molecule has 0 amide bonds. The molecule has 4 heteroatoms. The molecule has 0 aromatic carbocycles. The molecule has 0 saturated heterocycles. The second kappa shape index (κ2) is 4.94. The third-order valence-electron chi connectivity index (χ3n) is 0.284. The lowest BCUT2D eigenvalue weighted by Gasteiger charge is -1.88. The van der Waals surface area contributed by atoms with Gasteiger partial charge in [-0.3, -0.25) is 0 Å². The maximum Gasteiger partial charge on any atom is 0.485 e. The average Bonchev–Trinajstić information content (AvgIpc) is 1.61. The molecular formula is C2H6BO3. The minimum absolute atomic E-state index is 0.0585. The van der Waals surface area contributed by atoms with Crippen molar-refractivity contribution in [3.63, 3.8) is 0 Å². The van der Waals surface area contributed by atoms with Crippen LogP contribution in [0.1, 0.15) is 0 Å². The maximum absolute atomic E-state index is 7.94. The second-order valence-corrected chi connectivity index (χ2v) is 0.700. The molecule has 0 unspecified atom stereocenters. The monoisotopic (exact) mass is 89.0 g/mol. The minimum atomic E-state index is -0.0585. The highest BCUT2D eigenvalue weighted by molar-refractivity contribution is 6.15. The molecule has 0 saturated carbocycles. The lowest BCUT2D eigenvalue weighted by molar-refractivity contribution is 0.190. The minimum Gasteiger partial charge on any atom is -0.429 e. The van der Waals surface area contributed by atoms with Crippen molar-refractivity contribution < 1.29 is 14.8 Å². The van der Waals surface area contributed by atoms with Crippen molar-refractivity contribution in [3.05, 3.63) is 0 Å². The predicted molar refractivity (Wildman–Crippen MR) is 21.0 cm³/mol. The van der Waals surface area contributed by atoms with E-state index in [0.717, 1.165) is 0 Å². The average molecular weight is 88.9 g/mol. The van der Waals surface area contributed by atoms with Crippen LogP contribution in [0.15, 0.2) is 0 Å². The van der Waals surface area contributed by atoms with Crippen LogP contribution in [0, 0.1) is 0 Å². The quantitative estimate of drug-likeness (QED) is 0.327. The first-order valence-electron chi connectivity index (χ1n) is 1.60. The van der Waals surface area contributed by atoms with Crippen molar-refractivity contribution >= 4 is 7.69 Å². The molecular weight excluding hydrogens is 82.8 g/mol. The van der Waals surface area contributed by atoms with E-state index in [0.29, 0.717) is 7.69 Å². The van der Waals surface area contributed by atoms with Gasteiger partial charge in [-0.25, -0.2) is 0 Å². The molecule has 2 N–H and O–H groups in total. The fraction of sp³-hybridized carbons (Fsp3) is 1.00. The van der Waals surface area contributed by atoms with E-state index in [9.17, 15) is 0 Å². The molecule has 0 fully saturated rings. The summed E-state index contributed by atoms with van der Waals surface area (Å²) in [6.07, 6.45) is 0. The van der Waals surface area contributed by atoms with Crippen molar-refractivity contribution in [2.24, 2.45) is 0 Å². The summed E-state index contributed by atoms with van der Waals surface area (Å²) in [6, 6.07) is 0. The van der Waals surface area contributed by atoms with Crippen molar-refractivity contribution in [1.82, 2.24) is 0 Å². The van der Waals surface area contributed by atoms with Crippen LogP contribution in [0.2, 0.25) is 0 Å². The van der Waals surface area contributed by atoms with E-state index in [1.165, 1.54) is 0 Å². The van der Waals surface area contributed by atoms with Crippen molar-refractivity contribution in [3.8, 4) is 0 Å². The zero-order chi connectivity index (χ0) is 4.83. The molecule has 0 aromatic rings. The third kappa shape index (κ3) is 3.94. The van der Waals surface area contributed by atoms with E-state index >= 15 is 0 Å². The molecule has 1 radical (unpaired) electrons. The summed E-state index contributed by atoms with van der Waals surface area (Å²) in [5, 5.41) is 15.7. The van der Waals surface area contributed by atoms with Crippen LogP contribution in [0.5, 0.6) is 0 Å². The van der Waals surface area contributed by atoms with Gasteiger partial charge in [-0.1, -0.05) is 0 Å². The van der Waals surface area contributed by atoms with Crippen LogP contribution in [0.4, 0.5) is 0 Å². The van der Waals surface area contributed by atoms with Crippen molar-refractivity contribution in [1.29, 1.82) is 0 Å². The molecule has 0 bridgehead atoms. The molecule has 0 atom stereocenters. The second-order valence-electron chi connectivity index (χ2n) is 0.700. The molecule has 0 heterocycles. The van der Waals surface area contributed by atoms with Crippen LogP contribution in [-0.2, 0) is 4.65 Å². The van der Waals surface area contributed by atoms with Crippen LogP contribution < -0.4 is 0 Å². The number of rotatable bonds is 3. The Labute approximate surface area is 36.9 Å². The number of aliphatic hydroxyl groups is 1. The third-order valence-corrected chi connectivity index (χ3v) is 0.284. The molecule has 0 aliphatic rings. The zero-order valence-electron chi connectivity index (χ0n) is 3.29. The zero-order valence-corrected chi connectivity index (χ0v) is 3.29. The van der Waals surface area contributed by atoms with Gasteiger partial charge in [-0.05, 0) is 0 Å². The Kier molecular flexibility index (Phi) is 4.90. The molecule has 0 spiro atoms. The number of aliphatic hydroxyl groups excluding tert-OH is 1. The Bertz CT molecular complexity index is 20.8. The summed E-state index contributed by atoms with van der Waals surface area (Å²) in [7, 11) is 0.552. The topological polar surface area (TPSA) is 49.7 Å². The Morgan fingerprint density at radius 2 is 2.33 bits per heavy atom. The Morgan fingerprint density at radius 3 is 2.50 bits per heavy atom. The highest BCUT2D eigenvalue weighted by Gasteiger charge is 1.80. The van der Waals surface area contributed by atoms with Gasteiger partial charge in [0.25, 0.3) is 0 Å². The smallest absolute Gasteiger partial charge is 0.429 e. The van der Waals surface area contributed by atoms with Gasteiger partial charge in [-0.2, -0.15) is 0 Å².